The minimum absolute atomic E-state index is 0.139. The van der Waals surface area contributed by atoms with Gasteiger partial charge in [0.05, 0.1) is 24.0 Å². The van der Waals surface area contributed by atoms with Crippen molar-refractivity contribution < 1.29 is 9.84 Å². The van der Waals surface area contributed by atoms with E-state index in [1.807, 2.05) is 43.8 Å². The van der Waals surface area contributed by atoms with Crippen molar-refractivity contribution in [3.63, 3.8) is 0 Å². The number of phenolic OH excluding ortho intramolecular Hbond substituents is 1. The third-order valence-corrected chi connectivity index (χ3v) is 3.44. The standard InChI is InChI=1S/C16H17N3O2/c1-4-21-15-8-11(5-6-14(15)20)12-7-10(2)16-13(18-12)9-17-19(16)3/h5-9,20H,4H2,1-3H3. The van der Waals surface area contributed by atoms with Gasteiger partial charge in [-0.15, -0.1) is 0 Å². The first-order valence-electron chi connectivity index (χ1n) is 6.85. The predicted octanol–water partition coefficient (Wildman–Crippen LogP) is 3.05. The highest BCUT2D eigenvalue weighted by molar-refractivity contribution is 5.81. The molecule has 0 aliphatic carbocycles. The van der Waals surface area contributed by atoms with Gasteiger partial charge in [-0.25, -0.2) is 4.98 Å². The van der Waals surface area contributed by atoms with E-state index in [2.05, 4.69) is 10.1 Å². The maximum Gasteiger partial charge on any atom is 0.161 e. The lowest BCUT2D eigenvalue weighted by atomic mass is 10.1. The number of pyridine rings is 1. The number of fused-ring (bicyclic) bond motifs is 1. The van der Waals surface area contributed by atoms with E-state index in [4.69, 9.17) is 4.74 Å². The zero-order chi connectivity index (χ0) is 15.0. The fourth-order valence-electron chi connectivity index (χ4n) is 2.49. The Morgan fingerprint density at radius 3 is 2.86 bits per heavy atom. The monoisotopic (exact) mass is 283 g/mol. The number of hydrogen-bond acceptors (Lipinski definition) is 4. The summed E-state index contributed by atoms with van der Waals surface area (Å²) in [5.74, 6) is 0.612. The summed E-state index contributed by atoms with van der Waals surface area (Å²) in [6.07, 6.45) is 1.76. The van der Waals surface area contributed by atoms with Crippen molar-refractivity contribution in [1.82, 2.24) is 14.8 Å². The summed E-state index contributed by atoms with van der Waals surface area (Å²) in [7, 11) is 1.91. The van der Waals surface area contributed by atoms with Crippen LogP contribution in [-0.2, 0) is 7.05 Å². The van der Waals surface area contributed by atoms with Gasteiger partial charge in [0, 0.05) is 12.6 Å². The fraction of sp³-hybridized carbons (Fsp3) is 0.250. The van der Waals surface area contributed by atoms with Crippen molar-refractivity contribution in [3.05, 3.63) is 36.0 Å². The van der Waals surface area contributed by atoms with Crippen LogP contribution in [0.3, 0.4) is 0 Å². The molecule has 0 aliphatic rings. The SMILES string of the molecule is CCOc1cc(-c2cc(C)c3c(cnn3C)n2)ccc1O. The molecule has 108 valence electrons. The zero-order valence-electron chi connectivity index (χ0n) is 12.3. The molecule has 3 rings (SSSR count). The number of phenols is 1. The van der Waals surface area contributed by atoms with Gasteiger partial charge < -0.3 is 9.84 Å². The Labute approximate surface area is 122 Å². The highest BCUT2D eigenvalue weighted by Crippen LogP contribution is 2.32. The van der Waals surface area contributed by atoms with E-state index in [0.717, 1.165) is 27.9 Å². The van der Waals surface area contributed by atoms with Crippen molar-refractivity contribution >= 4 is 11.0 Å². The van der Waals surface area contributed by atoms with Gasteiger partial charge in [0.1, 0.15) is 5.52 Å². The van der Waals surface area contributed by atoms with E-state index >= 15 is 0 Å². The highest BCUT2D eigenvalue weighted by Gasteiger charge is 2.11. The van der Waals surface area contributed by atoms with Crippen molar-refractivity contribution in [1.29, 1.82) is 0 Å². The summed E-state index contributed by atoms with van der Waals surface area (Å²) in [6.45, 7) is 4.43. The molecule has 2 aromatic heterocycles. The zero-order valence-corrected chi connectivity index (χ0v) is 12.3. The number of aryl methyl sites for hydroxylation is 2. The van der Waals surface area contributed by atoms with Crippen LogP contribution in [0.1, 0.15) is 12.5 Å². The first kappa shape index (κ1) is 13.4. The number of ether oxygens (including phenoxy) is 1. The molecule has 2 heterocycles. The lowest BCUT2D eigenvalue weighted by Gasteiger charge is -2.09. The molecule has 5 heteroatoms. The maximum absolute atomic E-state index is 9.78. The number of aromatic nitrogens is 3. The lowest BCUT2D eigenvalue weighted by Crippen LogP contribution is -1.95. The van der Waals surface area contributed by atoms with Crippen LogP contribution in [0.15, 0.2) is 30.5 Å². The molecule has 0 saturated carbocycles. The number of rotatable bonds is 3. The molecule has 0 radical (unpaired) electrons. The van der Waals surface area contributed by atoms with Crippen molar-refractivity contribution in [2.24, 2.45) is 7.05 Å². The summed E-state index contributed by atoms with van der Waals surface area (Å²) in [4.78, 5) is 4.64. The predicted molar refractivity (Wildman–Crippen MR) is 81.5 cm³/mol. The number of aromatic hydroxyl groups is 1. The Balaban J connectivity index is 2.14. The van der Waals surface area contributed by atoms with Crippen LogP contribution in [0.4, 0.5) is 0 Å². The Bertz CT molecular complexity index is 809. The third kappa shape index (κ3) is 2.31. The van der Waals surface area contributed by atoms with Crippen LogP contribution < -0.4 is 4.74 Å². The molecule has 5 nitrogen and oxygen atoms in total. The van der Waals surface area contributed by atoms with Gasteiger partial charge in [0.15, 0.2) is 11.5 Å². The molecule has 0 saturated heterocycles. The molecule has 0 unspecified atom stereocenters. The van der Waals surface area contributed by atoms with Gasteiger partial charge >= 0.3 is 0 Å². The topological polar surface area (TPSA) is 60.2 Å². The van der Waals surface area contributed by atoms with Gasteiger partial charge in [0.25, 0.3) is 0 Å². The van der Waals surface area contributed by atoms with Crippen LogP contribution in [0.2, 0.25) is 0 Å². The van der Waals surface area contributed by atoms with E-state index < -0.39 is 0 Å². The quantitative estimate of drug-likeness (QED) is 0.802. The Morgan fingerprint density at radius 2 is 2.10 bits per heavy atom. The van der Waals surface area contributed by atoms with E-state index in [0.29, 0.717) is 12.4 Å². The van der Waals surface area contributed by atoms with E-state index in [9.17, 15) is 5.11 Å². The van der Waals surface area contributed by atoms with Gasteiger partial charge in [-0.2, -0.15) is 5.10 Å². The minimum Gasteiger partial charge on any atom is -0.504 e. The summed E-state index contributed by atoms with van der Waals surface area (Å²) in [5.41, 5.74) is 4.75. The van der Waals surface area contributed by atoms with Crippen molar-refractivity contribution in [2.75, 3.05) is 6.61 Å². The van der Waals surface area contributed by atoms with Crippen LogP contribution >= 0.6 is 0 Å². The largest absolute Gasteiger partial charge is 0.504 e. The van der Waals surface area contributed by atoms with Crippen LogP contribution in [-0.4, -0.2) is 26.5 Å². The number of nitrogens with zero attached hydrogens (tertiary/aromatic N) is 3. The molecule has 0 bridgehead atoms. The summed E-state index contributed by atoms with van der Waals surface area (Å²) in [5, 5.41) is 14.0. The van der Waals surface area contributed by atoms with Gasteiger partial charge in [-0.1, -0.05) is 0 Å². The average molecular weight is 283 g/mol. The lowest BCUT2D eigenvalue weighted by molar-refractivity contribution is 0.318. The highest BCUT2D eigenvalue weighted by atomic mass is 16.5. The summed E-state index contributed by atoms with van der Waals surface area (Å²) >= 11 is 0. The Kier molecular flexibility index (Phi) is 3.25. The van der Waals surface area contributed by atoms with Crippen LogP contribution in [0, 0.1) is 6.92 Å². The molecule has 21 heavy (non-hydrogen) atoms. The Morgan fingerprint density at radius 1 is 1.29 bits per heavy atom. The molecule has 0 atom stereocenters. The second-order valence-corrected chi connectivity index (χ2v) is 4.94. The molecule has 1 aromatic carbocycles. The van der Waals surface area contributed by atoms with Gasteiger partial charge in [-0.3, -0.25) is 4.68 Å². The van der Waals surface area contributed by atoms with Crippen molar-refractivity contribution in [3.8, 4) is 22.8 Å². The maximum atomic E-state index is 9.78. The van der Waals surface area contributed by atoms with Gasteiger partial charge in [0.2, 0.25) is 0 Å². The first-order valence-corrected chi connectivity index (χ1v) is 6.85. The smallest absolute Gasteiger partial charge is 0.161 e. The average Bonchev–Trinajstić information content (AvgIpc) is 2.83. The summed E-state index contributed by atoms with van der Waals surface area (Å²) in [6, 6.07) is 7.29. The molecular weight excluding hydrogens is 266 g/mol. The van der Waals surface area contributed by atoms with E-state index in [-0.39, 0.29) is 5.75 Å². The Hall–Kier alpha value is -2.56. The molecule has 0 aliphatic heterocycles. The number of benzene rings is 1. The molecule has 1 N–H and O–H groups in total. The second-order valence-electron chi connectivity index (χ2n) is 4.94. The van der Waals surface area contributed by atoms with E-state index in [1.54, 1.807) is 12.3 Å². The molecular formula is C16H17N3O2. The van der Waals surface area contributed by atoms with Crippen molar-refractivity contribution in [2.45, 2.75) is 13.8 Å². The fourth-order valence-corrected chi connectivity index (χ4v) is 2.49. The van der Waals surface area contributed by atoms with Crippen LogP contribution in [0.25, 0.3) is 22.3 Å². The molecule has 0 amide bonds. The molecule has 3 aromatic rings. The van der Waals surface area contributed by atoms with E-state index in [1.165, 1.54) is 0 Å². The number of hydrogen-bond donors (Lipinski definition) is 1. The van der Waals surface area contributed by atoms with Gasteiger partial charge in [-0.05, 0) is 43.7 Å². The normalized spacial score (nSPS) is 11.0. The molecule has 0 spiro atoms. The minimum atomic E-state index is 0.139. The molecule has 0 fully saturated rings. The van der Waals surface area contributed by atoms with Crippen LogP contribution in [0.5, 0.6) is 11.5 Å². The summed E-state index contributed by atoms with van der Waals surface area (Å²) < 4.78 is 7.25. The third-order valence-electron chi connectivity index (χ3n) is 3.44. The second kappa shape index (κ2) is 5.09. The first-order chi connectivity index (χ1) is 10.1.